The van der Waals surface area contributed by atoms with E-state index in [1.807, 2.05) is 60.7 Å². The number of amides is 1. The second-order valence-corrected chi connectivity index (χ2v) is 8.34. The summed E-state index contributed by atoms with van der Waals surface area (Å²) in [6, 6.07) is 22.4. The Morgan fingerprint density at radius 1 is 0.946 bits per heavy atom. The van der Waals surface area contributed by atoms with Gasteiger partial charge in [0.2, 0.25) is 11.7 Å². The van der Waals surface area contributed by atoms with E-state index in [9.17, 15) is 27.9 Å². The van der Waals surface area contributed by atoms with Crippen molar-refractivity contribution in [3.8, 4) is 5.75 Å². The highest BCUT2D eigenvalue weighted by Crippen LogP contribution is 2.32. The number of anilines is 2. The van der Waals surface area contributed by atoms with Crippen LogP contribution < -0.4 is 15.8 Å². The minimum atomic E-state index is -4.53. The van der Waals surface area contributed by atoms with Gasteiger partial charge in [0.25, 0.3) is 11.5 Å². The highest BCUT2D eigenvalue weighted by atomic mass is 19.4. The molecule has 0 atom stereocenters. The highest BCUT2D eigenvalue weighted by Gasteiger charge is 2.30. The summed E-state index contributed by atoms with van der Waals surface area (Å²) in [5, 5.41) is 12.8. The van der Waals surface area contributed by atoms with Gasteiger partial charge in [0.15, 0.2) is 5.69 Å². The number of halogens is 3. The Labute approximate surface area is 210 Å². The van der Waals surface area contributed by atoms with Crippen molar-refractivity contribution >= 4 is 17.5 Å². The van der Waals surface area contributed by atoms with Gasteiger partial charge in [-0.3, -0.25) is 14.2 Å². The Morgan fingerprint density at radius 2 is 1.46 bits per heavy atom. The zero-order chi connectivity index (χ0) is 26.7. The lowest BCUT2D eigenvalue weighted by atomic mass is 9.97. The summed E-state index contributed by atoms with van der Waals surface area (Å²) in [7, 11) is 3.13. The quantitative estimate of drug-likeness (QED) is 0.384. The molecule has 190 valence electrons. The summed E-state index contributed by atoms with van der Waals surface area (Å²) in [6.45, 7) is 0. The summed E-state index contributed by atoms with van der Waals surface area (Å²) >= 11 is 0. The van der Waals surface area contributed by atoms with Gasteiger partial charge in [-0.2, -0.15) is 13.2 Å². The fraction of sp³-hybridized carbons (Fsp3) is 0.148. The number of benzene rings is 3. The fourth-order valence-electron chi connectivity index (χ4n) is 4.01. The summed E-state index contributed by atoms with van der Waals surface area (Å²) in [6.07, 6.45) is -4.53. The van der Waals surface area contributed by atoms with Crippen LogP contribution in [0.15, 0.2) is 89.7 Å². The van der Waals surface area contributed by atoms with Crippen LogP contribution in [0.4, 0.5) is 24.8 Å². The third-order valence-electron chi connectivity index (χ3n) is 5.86. The predicted octanol–water partition coefficient (Wildman–Crippen LogP) is 4.98. The molecule has 10 heteroatoms. The molecule has 0 unspecified atom stereocenters. The van der Waals surface area contributed by atoms with Crippen LogP contribution in [0.3, 0.4) is 0 Å². The number of hydrogen-bond donors (Lipinski definition) is 2. The molecule has 0 fully saturated rings. The van der Waals surface area contributed by atoms with Crippen molar-refractivity contribution < 1.29 is 23.1 Å². The predicted molar refractivity (Wildman–Crippen MR) is 134 cm³/mol. The maximum absolute atomic E-state index is 12.9. The number of hydrogen-bond acceptors (Lipinski definition) is 5. The van der Waals surface area contributed by atoms with Crippen molar-refractivity contribution in [1.82, 2.24) is 9.55 Å². The molecule has 0 aliphatic carbocycles. The number of alkyl halides is 3. The average Bonchev–Trinajstić information content (AvgIpc) is 2.88. The summed E-state index contributed by atoms with van der Waals surface area (Å²) < 4.78 is 39.7. The Morgan fingerprint density at radius 3 is 1.95 bits per heavy atom. The SMILES string of the molecule is CN(c1nc(C(=O)Nc2ccc(C(F)(F)F)cc2)c(O)c(=O)n1C)C(c1ccccc1)c1ccccc1. The zero-order valence-electron chi connectivity index (χ0n) is 19.9. The van der Waals surface area contributed by atoms with Crippen LogP contribution in [0.2, 0.25) is 0 Å². The standard InChI is InChI=1S/C27H23F3N4O3/c1-33(22(17-9-5-3-6-10-17)18-11-7-4-8-12-18)26-32-21(23(35)25(37)34(26)2)24(36)31-20-15-13-19(14-16-20)27(28,29)30/h3-16,22,35H,1-2H3,(H,31,36). The molecule has 0 saturated carbocycles. The molecule has 0 aliphatic rings. The summed E-state index contributed by atoms with van der Waals surface area (Å²) in [4.78, 5) is 31.8. The molecule has 4 rings (SSSR count). The lowest BCUT2D eigenvalue weighted by Crippen LogP contribution is -2.34. The molecule has 3 aromatic carbocycles. The first-order valence-corrected chi connectivity index (χ1v) is 11.2. The van der Waals surface area contributed by atoms with Crippen molar-refractivity contribution in [2.45, 2.75) is 12.2 Å². The number of aromatic nitrogens is 2. The maximum Gasteiger partial charge on any atom is 0.416 e. The first-order valence-electron chi connectivity index (χ1n) is 11.2. The van der Waals surface area contributed by atoms with E-state index in [1.54, 1.807) is 11.9 Å². The first-order chi connectivity index (χ1) is 17.6. The average molecular weight is 509 g/mol. The number of nitrogens with zero attached hydrogens (tertiary/aromatic N) is 3. The van der Waals surface area contributed by atoms with Gasteiger partial charge in [0.1, 0.15) is 0 Å². The molecule has 2 N–H and O–H groups in total. The van der Waals surface area contributed by atoms with Crippen molar-refractivity contribution in [1.29, 1.82) is 0 Å². The monoisotopic (exact) mass is 508 g/mol. The molecular weight excluding hydrogens is 485 g/mol. The fourth-order valence-corrected chi connectivity index (χ4v) is 4.01. The van der Waals surface area contributed by atoms with Crippen LogP contribution in [-0.2, 0) is 13.2 Å². The van der Waals surface area contributed by atoms with Gasteiger partial charge in [-0.15, -0.1) is 0 Å². The summed E-state index contributed by atoms with van der Waals surface area (Å²) in [5.41, 5.74) is -0.444. The van der Waals surface area contributed by atoms with Crippen molar-refractivity contribution in [2.75, 3.05) is 17.3 Å². The Kier molecular flexibility index (Phi) is 7.01. The largest absolute Gasteiger partial charge is 0.501 e. The van der Waals surface area contributed by atoms with E-state index in [2.05, 4.69) is 10.3 Å². The van der Waals surface area contributed by atoms with Crippen LogP contribution in [0, 0.1) is 0 Å². The normalized spacial score (nSPS) is 11.4. The minimum absolute atomic E-state index is 0.0428. The van der Waals surface area contributed by atoms with E-state index in [0.717, 1.165) is 40.0 Å². The lowest BCUT2D eigenvalue weighted by molar-refractivity contribution is -0.137. The molecule has 0 aliphatic heterocycles. The second kappa shape index (κ2) is 10.2. The molecule has 1 aromatic heterocycles. The Hall–Kier alpha value is -4.60. The van der Waals surface area contributed by atoms with Gasteiger partial charge in [-0.1, -0.05) is 60.7 Å². The van der Waals surface area contributed by atoms with Gasteiger partial charge in [0.05, 0.1) is 11.6 Å². The lowest BCUT2D eigenvalue weighted by Gasteiger charge is -2.31. The molecule has 37 heavy (non-hydrogen) atoms. The van der Waals surface area contributed by atoms with Gasteiger partial charge in [-0.25, -0.2) is 4.98 Å². The van der Waals surface area contributed by atoms with Gasteiger partial charge < -0.3 is 15.3 Å². The van der Waals surface area contributed by atoms with E-state index in [1.165, 1.54) is 7.05 Å². The first kappa shape index (κ1) is 25.5. The van der Waals surface area contributed by atoms with E-state index < -0.39 is 40.7 Å². The van der Waals surface area contributed by atoms with Crippen LogP contribution in [0.25, 0.3) is 0 Å². The molecule has 0 saturated heterocycles. The third kappa shape index (κ3) is 5.32. The zero-order valence-corrected chi connectivity index (χ0v) is 19.9. The Balaban J connectivity index is 1.73. The van der Waals surface area contributed by atoms with Crippen LogP contribution in [0.5, 0.6) is 5.75 Å². The van der Waals surface area contributed by atoms with Crippen LogP contribution in [-0.4, -0.2) is 27.6 Å². The molecule has 0 spiro atoms. The molecule has 0 radical (unpaired) electrons. The molecule has 1 amide bonds. The number of rotatable bonds is 6. The number of aromatic hydroxyl groups is 1. The summed E-state index contributed by atoms with van der Waals surface area (Å²) in [5.74, 6) is -1.72. The van der Waals surface area contributed by atoms with Crippen LogP contribution in [0.1, 0.15) is 33.2 Å². The van der Waals surface area contributed by atoms with Crippen molar-refractivity contribution in [3.05, 3.63) is 118 Å². The van der Waals surface area contributed by atoms with Crippen molar-refractivity contribution in [3.63, 3.8) is 0 Å². The number of nitrogens with one attached hydrogen (secondary N) is 1. The van der Waals surface area contributed by atoms with E-state index >= 15 is 0 Å². The molecule has 4 aromatic rings. The molecule has 1 heterocycles. The smallest absolute Gasteiger partial charge is 0.416 e. The molecule has 0 bridgehead atoms. The topological polar surface area (TPSA) is 87.5 Å². The highest BCUT2D eigenvalue weighted by molar-refractivity contribution is 6.04. The Bertz CT molecular complexity index is 1420. The minimum Gasteiger partial charge on any atom is -0.501 e. The molecular formula is C27H23F3N4O3. The number of carbonyl (C=O) groups excluding carboxylic acids is 1. The third-order valence-corrected chi connectivity index (χ3v) is 5.86. The van der Waals surface area contributed by atoms with Gasteiger partial charge in [0, 0.05) is 19.8 Å². The van der Waals surface area contributed by atoms with Gasteiger partial charge >= 0.3 is 6.18 Å². The van der Waals surface area contributed by atoms with Crippen molar-refractivity contribution in [2.24, 2.45) is 7.05 Å². The van der Waals surface area contributed by atoms with E-state index in [0.29, 0.717) is 0 Å². The maximum atomic E-state index is 12.9. The van der Waals surface area contributed by atoms with Gasteiger partial charge in [-0.05, 0) is 35.4 Å². The van der Waals surface area contributed by atoms with Crippen LogP contribution >= 0.6 is 0 Å². The molecule has 7 nitrogen and oxygen atoms in total. The number of carbonyl (C=O) groups is 1. The van der Waals surface area contributed by atoms with E-state index in [4.69, 9.17) is 0 Å². The van der Waals surface area contributed by atoms with E-state index in [-0.39, 0.29) is 11.6 Å². The second-order valence-electron chi connectivity index (χ2n) is 8.34.